The molecule has 1 heterocycles. The number of nitrogens with zero attached hydrogens (tertiary/aromatic N) is 3. The summed E-state index contributed by atoms with van der Waals surface area (Å²) in [6.07, 6.45) is 0.816. The summed E-state index contributed by atoms with van der Waals surface area (Å²) in [6, 6.07) is 0. The van der Waals surface area contributed by atoms with Gasteiger partial charge in [0.1, 0.15) is 0 Å². The molecule has 1 atom stereocenters. The Morgan fingerprint density at radius 1 is 1.41 bits per heavy atom. The van der Waals surface area contributed by atoms with Crippen LogP contribution in [0.1, 0.15) is 37.2 Å². The average molecular weight is 239 g/mol. The Kier molecular flexibility index (Phi) is 5.15. The summed E-state index contributed by atoms with van der Waals surface area (Å²) in [6.45, 7) is 10.7. The molecule has 17 heavy (non-hydrogen) atoms. The molecule has 1 aromatic rings. The van der Waals surface area contributed by atoms with E-state index in [1.165, 1.54) is 11.3 Å². The van der Waals surface area contributed by atoms with E-state index >= 15 is 0 Å². The first-order chi connectivity index (χ1) is 7.95. The van der Waals surface area contributed by atoms with Crippen molar-refractivity contribution < 1.29 is 5.11 Å². The summed E-state index contributed by atoms with van der Waals surface area (Å²) in [5, 5.41) is 13.9. The summed E-state index contributed by atoms with van der Waals surface area (Å²) < 4.78 is 2.08. The Morgan fingerprint density at radius 2 is 2.06 bits per heavy atom. The molecule has 0 aromatic carbocycles. The van der Waals surface area contributed by atoms with E-state index in [9.17, 15) is 5.11 Å². The van der Waals surface area contributed by atoms with Crippen molar-refractivity contribution in [1.29, 1.82) is 0 Å². The van der Waals surface area contributed by atoms with E-state index in [1.807, 2.05) is 14.0 Å². The highest BCUT2D eigenvalue weighted by atomic mass is 16.3. The summed E-state index contributed by atoms with van der Waals surface area (Å²) in [4.78, 5) is 2.14. The SMILES string of the molecule is CCCn1nc(C)c(CN(C)CC(C)O)c1C. The van der Waals surface area contributed by atoms with Gasteiger partial charge < -0.3 is 5.11 Å². The summed E-state index contributed by atoms with van der Waals surface area (Å²) in [7, 11) is 2.03. The van der Waals surface area contributed by atoms with Crippen LogP contribution in [-0.2, 0) is 13.1 Å². The van der Waals surface area contributed by atoms with E-state index in [4.69, 9.17) is 0 Å². The molecule has 0 aliphatic heterocycles. The first kappa shape index (κ1) is 14.2. The Bertz CT molecular complexity index is 358. The molecule has 0 spiro atoms. The third-order valence-electron chi connectivity index (χ3n) is 2.97. The number of aromatic nitrogens is 2. The van der Waals surface area contributed by atoms with Crippen LogP contribution in [0, 0.1) is 13.8 Å². The first-order valence-corrected chi connectivity index (χ1v) is 6.35. The van der Waals surface area contributed by atoms with Crippen molar-refractivity contribution >= 4 is 0 Å². The molecule has 0 saturated carbocycles. The van der Waals surface area contributed by atoms with E-state index in [2.05, 4.69) is 35.5 Å². The molecule has 0 aliphatic carbocycles. The van der Waals surface area contributed by atoms with Gasteiger partial charge in [0.15, 0.2) is 0 Å². The highest BCUT2D eigenvalue weighted by Gasteiger charge is 2.13. The number of rotatable bonds is 6. The number of aryl methyl sites for hydroxylation is 2. The van der Waals surface area contributed by atoms with Gasteiger partial charge in [-0.3, -0.25) is 9.58 Å². The molecule has 4 nitrogen and oxygen atoms in total. The van der Waals surface area contributed by atoms with Gasteiger partial charge in [-0.15, -0.1) is 0 Å². The van der Waals surface area contributed by atoms with Crippen molar-refractivity contribution in [3.8, 4) is 0 Å². The molecule has 0 amide bonds. The summed E-state index contributed by atoms with van der Waals surface area (Å²) >= 11 is 0. The molecule has 0 saturated heterocycles. The van der Waals surface area contributed by atoms with Crippen molar-refractivity contribution in [3.63, 3.8) is 0 Å². The van der Waals surface area contributed by atoms with Crippen LogP contribution < -0.4 is 0 Å². The zero-order valence-electron chi connectivity index (χ0n) is 11.7. The van der Waals surface area contributed by atoms with Gasteiger partial charge in [0.25, 0.3) is 0 Å². The summed E-state index contributed by atoms with van der Waals surface area (Å²) in [5.41, 5.74) is 3.65. The second kappa shape index (κ2) is 6.17. The number of aliphatic hydroxyl groups is 1. The van der Waals surface area contributed by atoms with Crippen LogP contribution in [-0.4, -0.2) is 39.5 Å². The maximum Gasteiger partial charge on any atom is 0.0641 e. The Labute approximate surface area is 104 Å². The van der Waals surface area contributed by atoms with Gasteiger partial charge in [-0.05, 0) is 34.2 Å². The largest absolute Gasteiger partial charge is 0.392 e. The second-order valence-electron chi connectivity index (χ2n) is 4.92. The first-order valence-electron chi connectivity index (χ1n) is 6.35. The van der Waals surface area contributed by atoms with E-state index in [0.717, 1.165) is 25.2 Å². The topological polar surface area (TPSA) is 41.3 Å². The lowest BCUT2D eigenvalue weighted by Crippen LogP contribution is -2.27. The van der Waals surface area contributed by atoms with Crippen LogP contribution in [0.5, 0.6) is 0 Å². The maximum absolute atomic E-state index is 9.37. The molecule has 0 radical (unpaired) electrons. The number of aliphatic hydroxyl groups excluding tert-OH is 1. The minimum atomic E-state index is -0.286. The van der Waals surface area contributed by atoms with Crippen molar-refractivity contribution in [2.24, 2.45) is 0 Å². The zero-order chi connectivity index (χ0) is 13.0. The fourth-order valence-electron chi connectivity index (χ4n) is 2.18. The molecule has 1 unspecified atom stereocenters. The van der Waals surface area contributed by atoms with Gasteiger partial charge in [0.2, 0.25) is 0 Å². The summed E-state index contributed by atoms with van der Waals surface area (Å²) in [5.74, 6) is 0. The van der Waals surface area contributed by atoms with Gasteiger partial charge >= 0.3 is 0 Å². The van der Waals surface area contributed by atoms with Crippen molar-refractivity contribution in [1.82, 2.24) is 14.7 Å². The predicted octanol–water partition coefficient (Wildman–Crippen LogP) is 1.72. The Morgan fingerprint density at radius 3 is 2.59 bits per heavy atom. The molecule has 98 valence electrons. The zero-order valence-corrected chi connectivity index (χ0v) is 11.7. The third-order valence-corrected chi connectivity index (χ3v) is 2.97. The van der Waals surface area contributed by atoms with E-state index < -0.39 is 0 Å². The van der Waals surface area contributed by atoms with Crippen molar-refractivity contribution in [2.45, 2.75) is 53.3 Å². The normalized spacial score (nSPS) is 13.4. The minimum absolute atomic E-state index is 0.286. The lowest BCUT2D eigenvalue weighted by Gasteiger charge is -2.18. The molecule has 0 bridgehead atoms. The fraction of sp³-hybridized carbons (Fsp3) is 0.769. The quantitative estimate of drug-likeness (QED) is 0.822. The van der Waals surface area contributed by atoms with Gasteiger partial charge in [0.05, 0.1) is 11.8 Å². The highest BCUT2D eigenvalue weighted by Crippen LogP contribution is 2.15. The number of hydrogen-bond donors (Lipinski definition) is 1. The number of likely N-dealkylation sites (N-methyl/N-ethyl adjacent to an activating group) is 1. The van der Waals surface area contributed by atoms with Crippen LogP contribution >= 0.6 is 0 Å². The van der Waals surface area contributed by atoms with Gasteiger partial charge in [-0.25, -0.2) is 0 Å². The fourth-order valence-corrected chi connectivity index (χ4v) is 2.18. The standard InChI is InChI=1S/C13H25N3O/c1-6-7-16-12(4)13(11(3)14-16)9-15(5)8-10(2)17/h10,17H,6-9H2,1-5H3. The molecule has 4 heteroatoms. The van der Waals surface area contributed by atoms with E-state index in [1.54, 1.807) is 0 Å². The average Bonchev–Trinajstić information content (AvgIpc) is 2.45. The smallest absolute Gasteiger partial charge is 0.0641 e. The van der Waals surface area contributed by atoms with Gasteiger partial charge in [0, 0.05) is 30.9 Å². The minimum Gasteiger partial charge on any atom is -0.392 e. The van der Waals surface area contributed by atoms with Gasteiger partial charge in [-0.1, -0.05) is 6.92 Å². The molecule has 1 rings (SSSR count). The predicted molar refractivity (Wildman–Crippen MR) is 70.0 cm³/mol. The van der Waals surface area contributed by atoms with Crippen LogP contribution in [0.15, 0.2) is 0 Å². The highest BCUT2D eigenvalue weighted by molar-refractivity contribution is 5.24. The maximum atomic E-state index is 9.37. The van der Waals surface area contributed by atoms with Crippen LogP contribution in [0.3, 0.4) is 0 Å². The molecule has 1 aromatic heterocycles. The third kappa shape index (κ3) is 3.82. The molecule has 0 fully saturated rings. The second-order valence-corrected chi connectivity index (χ2v) is 4.92. The molecular weight excluding hydrogens is 214 g/mol. The van der Waals surface area contributed by atoms with Crippen LogP contribution in [0.2, 0.25) is 0 Å². The molecule has 1 N–H and O–H groups in total. The van der Waals surface area contributed by atoms with Crippen LogP contribution in [0.4, 0.5) is 0 Å². The monoisotopic (exact) mass is 239 g/mol. The van der Waals surface area contributed by atoms with Crippen LogP contribution in [0.25, 0.3) is 0 Å². The lowest BCUT2D eigenvalue weighted by atomic mass is 10.2. The molecule has 0 aliphatic rings. The number of hydrogen-bond acceptors (Lipinski definition) is 3. The molecular formula is C13H25N3O. The van der Waals surface area contributed by atoms with E-state index in [-0.39, 0.29) is 6.10 Å². The van der Waals surface area contributed by atoms with Crippen molar-refractivity contribution in [2.75, 3.05) is 13.6 Å². The van der Waals surface area contributed by atoms with Gasteiger partial charge in [-0.2, -0.15) is 5.10 Å². The Hall–Kier alpha value is -0.870. The van der Waals surface area contributed by atoms with E-state index in [0.29, 0.717) is 6.54 Å². The van der Waals surface area contributed by atoms with Crippen molar-refractivity contribution in [3.05, 3.63) is 17.0 Å². The lowest BCUT2D eigenvalue weighted by molar-refractivity contribution is 0.138. The Balaban J connectivity index is 2.76.